The number of carboxylic acids is 1. The summed E-state index contributed by atoms with van der Waals surface area (Å²) in [4.78, 5) is 16.1. The molecule has 1 unspecified atom stereocenters. The monoisotopic (exact) mass is 272 g/mol. The summed E-state index contributed by atoms with van der Waals surface area (Å²) in [6.45, 7) is 5.62. The van der Waals surface area contributed by atoms with Crippen LogP contribution in [0.1, 0.15) is 32.3 Å². The summed E-state index contributed by atoms with van der Waals surface area (Å²) >= 11 is 0. The van der Waals surface area contributed by atoms with Crippen LogP contribution in [0.4, 0.5) is 5.82 Å². The number of para-hydroxylation sites is 1. The standard InChI is InChI=1S/C16H20N2O2/c1-4-9-16(3,15(19)20)18-14-11(2)10-12-7-5-6-8-13(12)17-14/h5-8,10H,4,9H2,1-3H3,(H,17,18)(H,19,20). The van der Waals surface area contributed by atoms with Gasteiger partial charge in [0.15, 0.2) is 0 Å². The third-order valence-corrected chi connectivity index (χ3v) is 3.53. The fourth-order valence-corrected chi connectivity index (χ4v) is 2.33. The van der Waals surface area contributed by atoms with E-state index in [0.717, 1.165) is 22.9 Å². The number of aromatic nitrogens is 1. The summed E-state index contributed by atoms with van der Waals surface area (Å²) in [5.41, 5.74) is 0.826. The molecule has 1 aromatic heterocycles. The lowest BCUT2D eigenvalue weighted by Gasteiger charge is -2.27. The van der Waals surface area contributed by atoms with Gasteiger partial charge in [-0.15, -0.1) is 0 Å². The number of pyridine rings is 1. The van der Waals surface area contributed by atoms with Crippen LogP contribution >= 0.6 is 0 Å². The molecule has 1 heterocycles. The molecule has 20 heavy (non-hydrogen) atoms. The minimum atomic E-state index is -0.991. The van der Waals surface area contributed by atoms with Crippen molar-refractivity contribution in [3.05, 3.63) is 35.9 Å². The number of anilines is 1. The fraction of sp³-hybridized carbons (Fsp3) is 0.375. The highest BCUT2D eigenvalue weighted by Crippen LogP contribution is 2.25. The SMILES string of the molecule is CCCC(C)(Nc1nc2ccccc2cc1C)C(=O)O. The first-order valence-electron chi connectivity index (χ1n) is 6.84. The summed E-state index contributed by atoms with van der Waals surface area (Å²) in [6, 6.07) is 9.85. The van der Waals surface area contributed by atoms with Crippen molar-refractivity contribution in [1.29, 1.82) is 0 Å². The molecule has 4 nitrogen and oxygen atoms in total. The van der Waals surface area contributed by atoms with Crippen molar-refractivity contribution in [2.75, 3.05) is 5.32 Å². The van der Waals surface area contributed by atoms with E-state index in [-0.39, 0.29) is 0 Å². The van der Waals surface area contributed by atoms with E-state index >= 15 is 0 Å². The number of fused-ring (bicyclic) bond motifs is 1. The summed E-state index contributed by atoms with van der Waals surface area (Å²) in [5, 5.41) is 13.6. The van der Waals surface area contributed by atoms with Crippen LogP contribution in [0.5, 0.6) is 0 Å². The molecule has 106 valence electrons. The van der Waals surface area contributed by atoms with Gasteiger partial charge in [0.25, 0.3) is 0 Å². The third-order valence-electron chi connectivity index (χ3n) is 3.53. The second-order valence-corrected chi connectivity index (χ2v) is 5.36. The van der Waals surface area contributed by atoms with Crippen molar-refractivity contribution in [1.82, 2.24) is 4.98 Å². The molecule has 0 aliphatic carbocycles. The van der Waals surface area contributed by atoms with Gasteiger partial charge in [0.1, 0.15) is 11.4 Å². The minimum Gasteiger partial charge on any atom is -0.480 e. The van der Waals surface area contributed by atoms with Gasteiger partial charge in [-0.3, -0.25) is 0 Å². The van der Waals surface area contributed by atoms with Crippen molar-refractivity contribution in [3.8, 4) is 0 Å². The molecule has 0 saturated heterocycles. The highest BCUT2D eigenvalue weighted by molar-refractivity contribution is 5.85. The van der Waals surface area contributed by atoms with Crippen LogP contribution in [0, 0.1) is 6.92 Å². The predicted molar refractivity (Wildman–Crippen MR) is 81.1 cm³/mol. The molecule has 0 saturated carbocycles. The first-order chi connectivity index (χ1) is 9.46. The summed E-state index contributed by atoms with van der Waals surface area (Å²) in [6.07, 6.45) is 1.35. The second-order valence-electron chi connectivity index (χ2n) is 5.36. The fourth-order valence-electron chi connectivity index (χ4n) is 2.33. The lowest BCUT2D eigenvalue weighted by molar-refractivity contribution is -0.142. The van der Waals surface area contributed by atoms with Crippen LogP contribution in [-0.4, -0.2) is 21.6 Å². The Labute approximate surface area is 118 Å². The van der Waals surface area contributed by atoms with E-state index < -0.39 is 11.5 Å². The van der Waals surface area contributed by atoms with Gasteiger partial charge in [0.05, 0.1) is 5.52 Å². The Morgan fingerprint density at radius 1 is 1.40 bits per heavy atom. The topological polar surface area (TPSA) is 62.2 Å². The number of carbonyl (C=O) groups is 1. The van der Waals surface area contributed by atoms with Crippen LogP contribution in [0.2, 0.25) is 0 Å². The number of aliphatic carboxylic acids is 1. The third kappa shape index (κ3) is 2.74. The van der Waals surface area contributed by atoms with Gasteiger partial charge in [-0.25, -0.2) is 9.78 Å². The largest absolute Gasteiger partial charge is 0.480 e. The number of aryl methyl sites for hydroxylation is 1. The van der Waals surface area contributed by atoms with Gasteiger partial charge >= 0.3 is 5.97 Å². The lowest BCUT2D eigenvalue weighted by Crippen LogP contribution is -2.43. The molecule has 0 fully saturated rings. The zero-order valence-electron chi connectivity index (χ0n) is 12.1. The summed E-state index contributed by atoms with van der Waals surface area (Å²) in [5.74, 6) is -0.212. The normalized spacial score (nSPS) is 13.9. The van der Waals surface area contributed by atoms with Gasteiger partial charge in [0, 0.05) is 5.39 Å². The highest BCUT2D eigenvalue weighted by Gasteiger charge is 2.32. The molecular weight excluding hydrogens is 252 g/mol. The van der Waals surface area contributed by atoms with Gasteiger partial charge in [-0.1, -0.05) is 31.5 Å². The average Bonchev–Trinajstić information content (AvgIpc) is 2.39. The van der Waals surface area contributed by atoms with E-state index in [4.69, 9.17) is 0 Å². The number of carboxylic acid groups (broad SMARTS) is 1. The molecule has 0 aliphatic rings. The lowest BCUT2D eigenvalue weighted by atomic mass is 9.96. The molecule has 0 radical (unpaired) electrons. The molecule has 0 bridgehead atoms. The van der Waals surface area contributed by atoms with E-state index in [1.54, 1.807) is 6.92 Å². The number of nitrogens with one attached hydrogen (secondary N) is 1. The van der Waals surface area contributed by atoms with Crippen LogP contribution in [-0.2, 0) is 4.79 Å². The Morgan fingerprint density at radius 2 is 2.10 bits per heavy atom. The van der Waals surface area contributed by atoms with Crippen LogP contribution in [0.25, 0.3) is 10.9 Å². The van der Waals surface area contributed by atoms with E-state index in [9.17, 15) is 9.90 Å². The average molecular weight is 272 g/mol. The molecule has 0 amide bonds. The van der Waals surface area contributed by atoms with Crippen molar-refractivity contribution >= 4 is 22.7 Å². The van der Waals surface area contributed by atoms with Gasteiger partial charge in [-0.2, -0.15) is 0 Å². The van der Waals surface area contributed by atoms with Crippen molar-refractivity contribution in [3.63, 3.8) is 0 Å². The summed E-state index contributed by atoms with van der Waals surface area (Å²) < 4.78 is 0. The molecule has 2 N–H and O–H groups in total. The van der Waals surface area contributed by atoms with E-state index in [1.807, 2.05) is 44.2 Å². The summed E-state index contributed by atoms with van der Waals surface area (Å²) in [7, 11) is 0. The highest BCUT2D eigenvalue weighted by atomic mass is 16.4. The molecule has 1 aromatic carbocycles. The number of nitrogens with zero attached hydrogens (tertiary/aromatic N) is 1. The smallest absolute Gasteiger partial charge is 0.329 e. The second kappa shape index (κ2) is 5.49. The van der Waals surface area contributed by atoms with Crippen molar-refractivity contribution in [2.45, 2.75) is 39.2 Å². The van der Waals surface area contributed by atoms with Crippen molar-refractivity contribution in [2.24, 2.45) is 0 Å². The van der Waals surface area contributed by atoms with Crippen LogP contribution in [0.15, 0.2) is 30.3 Å². The van der Waals surface area contributed by atoms with Gasteiger partial charge in [-0.05, 0) is 38.0 Å². The first kappa shape index (κ1) is 14.3. The molecule has 2 aromatic rings. The van der Waals surface area contributed by atoms with E-state index in [2.05, 4.69) is 10.3 Å². The molecular formula is C16H20N2O2. The van der Waals surface area contributed by atoms with Gasteiger partial charge < -0.3 is 10.4 Å². The Bertz CT molecular complexity index is 639. The molecule has 0 aliphatic heterocycles. The maximum absolute atomic E-state index is 11.5. The molecule has 4 heteroatoms. The predicted octanol–water partition coefficient (Wildman–Crippen LogP) is 3.60. The van der Waals surface area contributed by atoms with Crippen molar-refractivity contribution < 1.29 is 9.90 Å². The Kier molecular flexibility index (Phi) is 3.93. The molecule has 0 spiro atoms. The Balaban J connectivity index is 2.42. The molecule has 1 atom stereocenters. The Hall–Kier alpha value is -2.10. The first-order valence-corrected chi connectivity index (χ1v) is 6.84. The Morgan fingerprint density at radius 3 is 2.75 bits per heavy atom. The number of benzene rings is 1. The number of rotatable bonds is 5. The maximum Gasteiger partial charge on any atom is 0.329 e. The van der Waals surface area contributed by atoms with Crippen LogP contribution in [0.3, 0.4) is 0 Å². The maximum atomic E-state index is 11.5. The van der Waals surface area contributed by atoms with Crippen LogP contribution < -0.4 is 5.32 Å². The molecule has 2 rings (SSSR count). The van der Waals surface area contributed by atoms with E-state index in [0.29, 0.717) is 12.2 Å². The van der Waals surface area contributed by atoms with E-state index in [1.165, 1.54) is 0 Å². The number of hydrogen-bond donors (Lipinski definition) is 2. The number of hydrogen-bond acceptors (Lipinski definition) is 3. The minimum absolute atomic E-state index is 0.552. The zero-order chi connectivity index (χ0) is 14.8. The van der Waals surface area contributed by atoms with Gasteiger partial charge in [0.2, 0.25) is 0 Å². The quantitative estimate of drug-likeness (QED) is 0.873. The zero-order valence-corrected chi connectivity index (χ0v) is 12.1.